The van der Waals surface area contributed by atoms with E-state index >= 15 is 0 Å². The molecule has 74 valence electrons. The molecule has 1 atom stereocenters. The first kappa shape index (κ1) is 12.0. The van der Waals surface area contributed by atoms with Crippen LogP contribution in [0.25, 0.3) is 0 Å². The van der Waals surface area contributed by atoms with Crippen LogP contribution in [0.4, 0.5) is 0 Å². The van der Waals surface area contributed by atoms with Gasteiger partial charge in [0.25, 0.3) is 0 Å². The predicted molar refractivity (Wildman–Crippen MR) is 54.2 cm³/mol. The Hall–Kier alpha value is -0.0400. The van der Waals surface area contributed by atoms with Crippen molar-refractivity contribution >= 4 is 0 Å². The minimum atomic E-state index is 0.373. The monoisotopic (exact) mass is 172 g/mol. The molecule has 1 rings (SSSR count). The van der Waals surface area contributed by atoms with E-state index in [1.54, 1.807) is 0 Å². The van der Waals surface area contributed by atoms with E-state index in [4.69, 9.17) is 5.11 Å². The smallest absolute Gasteiger partial charge is 0.0433 e. The second-order valence-corrected chi connectivity index (χ2v) is 3.53. The second-order valence-electron chi connectivity index (χ2n) is 3.53. The highest BCUT2D eigenvalue weighted by Gasteiger charge is 2.20. The Morgan fingerprint density at radius 1 is 1.25 bits per heavy atom. The van der Waals surface area contributed by atoms with Gasteiger partial charge >= 0.3 is 0 Å². The van der Waals surface area contributed by atoms with E-state index in [9.17, 15) is 0 Å². The highest BCUT2D eigenvalue weighted by Crippen LogP contribution is 2.32. The van der Waals surface area contributed by atoms with E-state index in [0.717, 1.165) is 18.3 Å². The van der Waals surface area contributed by atoms with Gasteiger partial charge in [-0.15, -0.1) is 0 Å². The average Bonchev–Trinajstić information content (AvgIpc) is 2.60. The molecule has 1 nitrogen and oxygen atoms in total. The van der Waals surface area contributed by atoms with Gasteiger partial charge in [-0.3, -0.25) is 0 Å². The van der Waals surface area contributed by atoms with E-state index in [1.165, 1.54) is 25.7 Å². The Bertz CT molecular complexity index is 85.0. The lowest BCUT2D eigenvalue weighted by molar-refractivity contribution is 0.230. The zero-order valence-electron chi connectivity index (χ0n) is 8.84. The minimum absolute atomic E-state index is 0.373. The van der Waals surface area contributed by atoms with Crippen molar-refractivity contribution in [2.24, 2.45) is 11.8 Å². The van der Waals surface area contributed by atoms with Gasteiger partial charge in [0.15, 0.2) is 0 Å². The van der Waals surface area contributed by atoms with Gasteiger partial charge in [-0.1, -0.05) is 46.5 Å². The third kappa shape index (κ3) is 4.10. The second kappa shape index (κ2) is 7.60. The molecule has 0 spiro atoms. The van der Waals surface area contributed by atoms with Gasteiger partial charge in [0, 0.05) is 6.61 Å². The Kier molecular flexibility index (Phi) is 7.58. The molecule has 1 aliphatic carbocycles. The normalized spacial score (nSPS) is 20.0. The van der Waals surface area contributed by atoms with Crippen LogP contribution < -0.4 is 0 Å². The lowest BCUT2D eigenvalue weighted by atomic mass is 9.90. The first-order valence-electron chi connectivity index (χ1n) is 5.45. The van der Waals surface area contributed by atoms with E-state index in [1.807, 2.05) is 13.8 Å². The molecule has 0 radical (unpaired) electrons. The van der Waals surface area contributed by atoms with Crippen molar-refractivity contribution in [1.82, 2.24) is 0 Å². The van der Waals surface area contributed by atoms with Crippen LogP contribution in [0.1, 0.15) is 52.9 Å². The molecular weight excluding hydrogens is 148 g/mol. The molecule has 1 fully saturated rings. The molecule has 0 amide bonds. The molecule has 1 aliphatic rings. The van der Waals surface area contributed by atoms with Crippen LogP contribution in [-0.4, -0.2) is 11.7 Å². The van der Waals surface area contributed by atoms with Crippen LogP contribution >= 0.6 is 0 Å². The van der Waals surface area contributed by atoms with Gasteiger partial charge in [-0.2, -0.15) is 0 Å². The molecule has 1 heteroatoms. The van der Waals surface area contributed by atoms with Gasteiger partial charge in [-0.05, 0) is 18.3 Å². The predicted octanol–water partition coefficient (Wildman–Crippen LogP) is 3.22. The average molecular weight is 172 g/mol. The van der Waals surface area contributed by atoms with E-state index in [-0.39, 0.29) is 0 Å². The highest BCUT2D eigenvalue weighted by molar-refractivity contribution is 4.72. The molecule has 1 N–H and O–H groups in total. The summed E-state index contributed by atoms with van der Waals surface area (Å²) < 4.78 is 0. The summed E-state index contributed by atoms with van der Waals surface area (Å²) in [7, 11) is 0. The topological polar surface area (TPSA) is 20.2 Å². The fraction of sp³-hybridized carbons (Fsp3) is 1.00. The van der Waals surface area contributed by atoms with Crippen molar-refractivity contribution in [2.75, 3.05) is 6.61 Å². The van der Waals surface area contributed by atoms with E-state index in [0.29, 0.717) is 6.61 Å². The van der Waals surface area contributed by atoms with Crippen molar-refractivity contribution in [1.29, 1.82) is 0 Å². The lowest BCUT2D eigenvalue weighted by Gasteiger charge is -2.16. The van der Waals surface area contributed by atoms with Gasteiger partial charge in [0.1, 0.15) is 0 Å². The Balaban J connectivity index is 0.000000561. The molecule has 0 aliphatic heterocycles. The summed E-state index contributed by atoms with van der Waals surface area (Å²) in [5.41, 5.74) is 0. The van der Waals surface area contributed by atoms with Crippen molar-refractivity contribution in [3.05, 3.63) is 0 Å². The van der Waals surface area contributed by atoms with Crippen LogP contribution in [0.5, 0.6) is 0 Å². The van der Waals surface area contributed by atoms with Gasteiger partial charge in [0.2, 0.25) is 0 Å². The zero-order valence-corrected chi connectivity index (χ0v) is 8.84. The standard InChI is InChI=1S/C9H18O.C2H6/c1-8(6-7-10)9-4-2-3-5-9;1-2/h8-10H,2-7H2,1H3;1-2H3. The first-order chi connectivity index (χ1) is 5.84. The van der Waals surface area contributed by atoms with Crippen LogP contribution in [0.2, 0.25) is 0 Å². The maximum Gasteiger partial charge on any atom is 0.0433 e. The molecule has 0 saturated heterocycles. The number of rotatable bonds is 3. The molecule has 1 unspecified atom stereocenters. The molecular formula is C11H24O. The van der Waals surface area contributed by atoms with Gasteiger partial charge in [-0.25, -0.2) is 0 Å². The number of aliphatic hydroxyl groups excluding tert-OH is 1. The maximum absolute atomic E-state index is 8.70. The van der Waals surface area contributed by atoms with Crippen molar-refractivity contribution < 1.29 is 5.11 Å². The van der Waals surface area contributed by atoms with Crippen LogP contribution in [0.3, 0.4) is 0 Å². The maximum atomic E-state index is 8.70. The Labute approximate surface area is 77.2 Å². The summed E-state index contributed by atoms with van der Waals surface area (Å²) in [6.07, 6.45) is 6.65. The van der Waals surface area contributed by atoms with Gasteiger partial charge < -0.3 is 5.11 Å². The first-order valence-corrected chi connectivity index (χ1v) is 5.45. The largest absolute Gasteiger partial charge is 0.396 e. The van der Waals surface area contributed by atoms with Crippen LogP contribution in [0, 0.1) is 11.8 Å². The molecule has 0 bridgehead atoms. The van der Waals surface area contributed by atoms with Crippen molar-refractivity contribution in [2.45, 2.75) is 52.9 Å². The summed E-state index contributed by atoms with van der Waals surface area (Å²) in [4.78, 5) is 0. The van der Waals surface area contributed by atoms with E-state index < -0.39 is 0 Å². The fourth-order valence-electron chi connectivity index (χ4n) is 1.97. The summed E-state index contributed by atoms with van der Waals surface area (Å²) >= 11 is 0. The number of hydrogen-bond acceptors (Lipinski definition) is 1. The molecule has 0 heterocycles. The zero-order chi connectivity index (χ0) is 9.40. The minimum Gasteiger partial charge on any atom is -0.396 e. The summed E-state index contributed by atoms with van der Waals surface area (Å²) in [5.74, 6) is 1.68. The van der Waals surface area contributed by atoms with Gasteiger partial charge in [0.05, 0.1) is 0 Å². The summed E-state index contributed by atoms with van der Waals surface area (Å²) in [5, 5.41) is 8.70. The molecule has 1 saturated carbocycles. The molecule has 0 aromatic heterocycles. The Morgan fingerprint density at radius 2 is 1.75 bits per heavy atom. The van der Waals surface area contributed by atoms with Crippen molar-refractivity contribution in [3.8, 4) is 0 Å². The third-order valence-corrected chi connectivity index (χ3v) is 2.79. The summed E-state index contributed by atoms with van der Waals surface area (Å²) in [6, 6.07) is 0. The quantitative estimate of drug-likeness (QED) is 0.693. The SMILES string of the molecule is CC.CC(CCO)C1CCCC1. The highest BCUT2D eigenvalue weighted by atomic mass is 16.3. The fourth-order valence-corrected chi connectivity index (χ4v) is 1.97. The third-order valence-electron chi connectivity index (χ3n) is 2.79. The molecule has 12 heavy (non-hydrogen) atoms. The molecule has 0 aromatic carbocycles. The van der Waals surface area contributed by atoms with Crippen molar-refractivity contribution in [3.63, 3.8) is 0 Å². The van der Waals surface area contributed by atoms with Crippen LogP contribution in [-0.2, 0) is 0 Å². The molecule has 0 aromatic rings. The summed E-state index contributed by atoms with van der Waals surface area (Å²) in [6.45, 7) is 6.64. The van der Waals surface area contributed by atoms with E-state index in [2.05, 4.69) is 6.92 Å². The lowest BCUT2D eigenvalue weighted by Crippen LogP contribution is -2.08. The Morgan fingerprint density at radius 3 is 2.17 bits per heavy atom. The number of aliphatic hydroxyl groups is 1. The van der Waals surface area contributed by atoms with Crippen LogP contribution in [0.15, 0.2) is 0 Å². The number of hydrogen-bond donors (Lipinski definition) is 1.